The molecule has 3 aromatic rings. The SMILES string of the molecule is Cc1nc(N(C)C)cc(N2CCN(C(=O)Cc3noc4ccccc34)CC2)n1. The summed E-state index contributed by atoms with van der Waals surface area (Å²) in [4.78, 5) is 27.8. The number of benzene rings is 1. The highest BCUT2D eigenvalue weighted by Crippen LogP contribution is 2.21. The molecule has 0 N–H and O–H groups in total. The summed E-state index contributed by atoms with van der Waals surface area (Å²) in [6, 6.07) is 9.62. The minimum Gasteiger partial charge on any atom is -0.363 e. The summed E-state index contributed by atoms with van der Waals surface area (Å²) in [6.45, 7) is 4.71. The number of amides is 1. The van der Waals surface area contributed by atoms with Gasteiger partial charge in [-0.05, 0) is 19.1 Å². The predicted molar refractivity (Wildman–Crippen MR) is 108 cm³/mol. The molecule has 4 rings (SSSR count). The largest absolute Gasteiger partial charge is 0.363 e. The maximum absolute atomic E-state index is 12.7. The molecule has 1 amide bonds. The first-order valence-electron chi connectivity index (χ1n) is 9.40. The van der Waals surface area contributed by atoms with Gasteiger partial charge in [-0.15, -0.1) is 0 Å². The van der Waals surface area contributed by atoms with Gasteiger partial charge < -0.3 is 19.2 Å². The van der Waals surface area contributed by atoms with Gasteiger partial charge in [-0.2, -0.15) is 0 Å². The Morgan fingerprint density at radius 2 is 1.89 bits per heavy atom. The first kappa shape index (κ1) is 18.2. The standard InChI is InChI=1S/C20H24N6O2/c1-14-21-18(24(2)3)13-19(22-14)25-8-10-26(11-9-25)20(27)12-16-15-6-4-5-7-17(15)28-23-16/h4-7,13H,8-12H2,1-3H3. The van der Waals surface area contributed by atoms with Crippen LogP contribution in [0.15, 0.2) is 34.9 Å². The van der Waals surface area contributed by atoms with Gasteiger partial charge in [0.2, 0.25) is 5.91 Å². The molecule has 1 fully saturated rings. The van der Waals surface area contributed by atoms with E-state index in [1.165, 1.54) is 0 Å². The van der Waals surface area contributed by atoms with Crippen LogP contribution in [0, 0.1) is 6.92 Å². The highest BCUT2D eigenvalue weighted by atomic mass is 16.5. The van der Waals surface area contributed by atoms with Gasteiger partial charge in [0.05, 0.1) is 6.42 Å². The summed E-state index contributed by atoms with van der Waals surface area (Å²) < 4.78 is 5.31. The van der Waals surface area contributed by atoms with E-state index in [9.17, 15) is 4.79 Å². The number of para-hydroxylation sites is 1. The van der Waals surface area contributed by atoms with Gasteiger partial charge in [-0.1, -0.05) is 17.3 Å². The van der Waals surface area contributed by atoms with Gasteiger partial charge in [0, 0.05) is 51.7 Å². The van der Waals surface area contributed by atoms with Crippen LogP contribution in [0.5, 0.6) is 0 Å². The normalized spacial score (nSPS) is 14.5. The third-order valence-corrected chi connectivity index (χ3v) is 5.00. The number of hydrogen-bond donors (Lipinski definition) is 0. The zero-order valence-corrected chi connectivity index (χ0v) is 16.4. The number of carbonyl (C=O) groups is 1. The highest BCUT2D eigenvalue weighted by Gasteiger charge is 2.24. The lowest BCUT2D eigenvalue weighted by Gasteiger charge is -2.35. The number of aryl methyl sites for hydroxylation is 1. The molecule has 0 unspecified atom stereocenters. The minimum atomic E-state index is 0.0755. The Kier molecular flexibility index (Phi) is 4.85. The van der Waals surface area contributed by atoms with Crippen LogP contribution in [0.4, 0.5) is 11.6 Å². The van der Waals surface area contributed by atoms with Crippen molar-refractivity contribution in [1.82, 2.24) is 20.0 Å². The summed E-state index contributed by atoms with van der Waals surface area (Å²) in [6.07, 6.45) is 0.258. The van der Waals surface area contributed by atoms with Crippen LogP contribution in [-0.2, 0) is 11.2 Å². The third kappa shape index (κ3) is 3.62. The van der Waals surface area contributed by atoms with Gasteiger partial charge >= 0.3 is 0 Å². The summed E-state index contributed by atoms with van der Waals surface area (Å²) in [5.41, 5.74) is 1.41. The van der Waals surface area contributed by atoms with E-state index in [0.717, 1.165) is 35.9 Å². The molecule has 0 spiro atoms. The van der Waals surface area contributed by atoms with Crippen LogP contribution < -0.4 is 9.80 Å². The van der Waals surface area contributed by atoms with Crippen molar-refractivity contribution in [3.8, 4) is 0 Å². The Balaban J connectivity index is 1.41. The van der Waals surface area contributed by atoms with Crippen molar-refractivity contribution in [3.05, 3.63) is 41.9 Å². The summed E-state index contributed by atoms with van der Waals surface area (Å²) in [5.74, 6) is 2.62. The van der Waals surface area contributed by atoms with Crippen molar-refractivity contribution in [2.75, 3.05) is 50.1 Å². The average Bonchev–Trinajstić information content (AvgIpc) is 3.10. The number of carbonyl (C=O) groups excluding carboxylic acids is 1. The second kappa shape index (κ2) is 7.46. The van der Waals surface area contributed by atoms with Crippen molar-refractivity contribution in [3.63, 3.8) is 0 Å². The van der Waals surface area contributed by atoms with Crippen LogP contribution in [0.1, 0.15) is 11.5 Å². The molecule has 1 saturated heterocycles. The first-order chi connectivity index (χ1) is 13.5. The molecule has 8 nitrogen and oxygen atoms in total. The fraction of sp³-hybridized carbons (Fsp3) is 0.400. The molecule has 0 radical (unpaired) electrons. The van der Waals surface area contributed by atoms with Crippen molar-refractivity contribution in [2.45, 2.75) is 13.3 Å². The quantitative estimate of drug-likeness (QED) is 0.684. The molecule has 8 heteroatoms. The minimum absolute atomic E-state index is 0.0755. The van der Waals surface area contributed by atoms with E-state index in [2.05, 4.69) is 20.0 Å². The molecule has 0 saturated carbocycles. The van der Waals surface area contributed by atoms with E-state index in [-0.39, 0.29) is 12.3 Å². The Morgan fingerprint density at radius 3 is 2.64 bits per heavy atom. The Morgan fingerprint density at radius 1 is 1.14 bits per heavy atom. The molecule has 0 aliphatic carbocycles. The number of hydrogen-bond acceptors (Lipinski definition) is 7. The van der Waals surface area contributed by atoms with Gasteiger partial charge in [-0.25, -0.2) is 9.97 Å². The molecule has 1 aromatic carbocycles. The second-order valence-electron chi connectivity index (χ2n) is 7.20. The second-order valence-corrected chi connectivity index (χ2v) is 7.20. The molecular formula is C20H24N6O2. The molecule has 3 heterocycles. The molecule has 28 heavy (non-hydrogen) atoms. The van der Waals surface area contributed by atoms with Gasteiger partial charge in [0.25, 0.3) is 0 Å². The van der Waals surface area contributed by atoms with Gasteiger partial charge in [0.15, 0.2) is 5.58 Å². The molecule has 0 atom stereocenters. The van der Waals surface area contributed by atoms with Crippen LogP contribution in [0.3, 0.4) is 0 Å². The van der Waals surface area contributed by atoms with Gasteiger partial charge in [0.1, 0.15) is 23.2 Å². The van der Waals surface area contributed by atoms with Crippen molar-refractivity contribution in [2.24, 2.45) is 0 Å². The summed E-state index contributed by atoms with van der Waals surface area (Å²) in [5, 5.41) is 4.98. The third-order valence-electron chi connectivity index (χ3n) is 5.00. The maximum Gasteiger partial charge on any atom is 0.228 e. The highest BCUT2D eigenvalue weighted by molar-refractivity contribution is 5.86. The number of aromatic nitrogens is 3. The van der Waals surface area contributed by atoms with Crippen LogP contribution in [-0.4, -0.2) is 66.2 Å². The monoisotopic (exact) mass is 380 g/mol. The van der Waals surface area contributed by atoms with E-state index in [4.69, 9.17) is 4.52 Å². The number of rotatable bonds is 4. The zero-order chi connectivity index (χ0) is 19.7. The molecule has 146 valence electrons. The van der Waals surface area contributed by atoms with Crippen LogP contribution in [0.2, 0.25) is 0 Å². The molecular weight excluding hydrogens is 356 g/mol. The van der Waals surface area contributed by atoms with Crippen LogP contribution in [0.25, 0.3) is 11.0 Å². The smallest absolute Gasteiger partial charge is 0.228 e. The van der Waals surface area contributed by atoms with Crippen molar-refractivity contribution < 1.29 is 9.32 Å². The fourth-order valence-corrected chi connectivity index (χ4v) is 3.43. The average molecular weight is 380 g/mol. The summed E-state index contributed by atoms with van der Waals surface area (Å²) >= 11 is 0. The number of piperazine rings is 1. The molecule has 1 aliphatic rings. The number of anilines is 2. The number of nitrogens with zero attached hydrogens (tertiary/aromatic N) is 6. The fourth-order valence-electron chi connectivity index (χ4n) is 3.43. The molecule has 1 aliphatic heterocycles. The van der Waals surface area contributed by atoms with Crippen molar-refractivity contribution in [1.29, 1.82) is 0 Å². The molecule has 0 bridgehead atoms. The summed E-state index contributed by atoms with van der Waals surface area (Å²) in [7, 11) is 3.94. The van der Waals surface area contributed by atoms with E-state index < -0.39 is 0 Å². The van der Waals surface area contributed by atoms with Crippen LogP contribution >= 0.6 is 0 Å². The lowest BCUT2D eigenvalue weighted by molar-refractivity contribution is -0.130. The zero-order valence-electron chi connectivity index (χ0n) is 16.4. The lowest BCUT2D eigenvalue weighted by Crippen LogP contribution is -2.49. The molecule has 2 aromatic heterocycles. The van der Waals surface area contributed by atoms with E-state index in [1.807, 2.05) is 61.2 Å². The predicted octanol–water partition coefficient (Wildman–Crippen LogP) is 1.88. The first-order valence-corrected chi connectivity index (χ1v) is 9.40. The van der Waals surface area contributed by atoms with E-state index in [0.29, 0.717) is 24.4 Å². The number of fused-ring (bicyclic) bond motifs is 1. The maximum atomic E-state index is 12.7. The Hall–Kier alpha value is -3.16. The Labute approximate surface area is 163 Å². The lowest BCUT2D eigenvalue weighted by atomic mass is 10.1. The topological polar surface area (TPSA) is 78.6 Å². The van der Waals surface area contributed by atoms with E-state index >= 15 is 0 Å². The Bertz CT molecular complexity index is 991. The van der Waals surface area contributed by atoms with Crippen molar-refractivity contribution >= 4 is 28.5 Å². The van der Waals surface area contributed by atoms with Gasteiger partial charge in [-0.3, -0.25) is 4.79 Å². The van der Waals surface area contributed by atoms with E-state index in [1.54, 1.807) is 0 Å².